The van der Waals surface area contributed by atoms with Crippen molar-refractivity contribution >= 4 is 23.1 Å². The van der Waals surface area contributed by atoms with Crippen LogP contribution in [0.3, 0.4) is 0 Å². The fourth-order valence-electron chi connectivity index (χ4n) is 3.43. The first-order valence-corrected chi connectivity index (χ1v) is 11.1. The number of benzene rings is 2. The Morgan fingerprint density at radius 2 is 1.62 bits per heavy atom. The lowest BCUT2D eigenvalue weighted by Gasteiger charge is -2.17. The van der Waals surface area contributed by atoms with E-state index in [9.17, 15) is 13.2 Å². The molecule has 0 aliphatic rings. The summed E-state index contributed by atoms with van der Waals surface area (Å²) < 4.78 is 40.9. The molecule has 7 heteroatoms. The average molecular weight is 443 g/mol. The van der Waals surface area contributed by atoms with Crippen molar-refractivity contribution in [1.82, 2.24) is 9.97 Å². The van der Waals surface area contributed by atoms with Gasteiger partial charge in [-0.1, -0.05) is 63.4 Å². The average Bonchev–Trinajstić information content (AvgIpc) is 2.78. The minimum atomic E-state index is -4.57. The van der Waals surface area contributed by atoms with Gasteiger partial charge >= 0.3 is 6.18 Å². The van der Waals surface area contributed by atoms with Gasteiger partial charge in [0.05, 0.1) is 0 Å². The van der Waals surface area contributed by atoms with E-state index in [4.69, 9.17) is 0 Å². The molecule has 4 nitrogen and oxygen atoms in total. The highest BCUT2D eigenvalue weighted by atomic mass is 19.4. The number of hydrogen-bond acceptors (Lipinski definition) is 4. The standard InChI is InChI=1S/C25H29F3N4/c1-3-5-6-7-10-19-11-8-9-12-22(19)31-23-21(25(26,27)28)17-29-24(32-23)30-20-15-13-18(4-2)14-16-20/h8-9,11-17H,3-7,10H2,1-2H3,(H2,29,30,31,32). The maximum Gasteiger partial charge on any atom is 0.421 e. The molecule has 0 unspecified atom stereocenters. The van der Waals surface area contributed by atoms with Gasteiger partial charge in [-0.2, -0.15) is 18.2 Å². The van der Waals surface area contributed by atoms with Crippen molar-refractivity contribution in [2.24, 2.45) is 0 Å². The predicted octanol–water partition coefficient (Wildman–Crippen LogP) is 7.67. The highest BCUT2D eigenvalue weighted by Crippen LogP contribution is 2.36. The number of para-hydroxylation sites is 1. The molecule has 0 aliphatic carbocycles. The van der Waals surface area contributed by atoms with Gasteiger partial charge in [-0.05, 0) is 48.6 Å². The summed E-state index contributed by atoms with van der Waals surface area (Å²) in [5.74, 6) is -0.161. The zero-order chi connectivity index (χ0) is 23.0. The topological polar surface area (TPSA) is 49.8 Å². The first-order valence-electron chi connectivity index (χ1n) is 11.1. The number of anilines is 4. The van der Waals surface area contributed by atoms with Crippen molar-refractivity contribution in [2.45, 2.75) is 58.5 Å². The molecule has 0 aliphatic heterocycles. The van der Waals surface area contributed by atoms with Crippen LogP contribution < -0.4 is 10.6 Å². The molecule has 0 amide bonds. The minimum absolute atomic E-state index is 0.102. The Kier molecular flexibility index (Phi) is 8.09. The molecule has 1 aromatic heterocycles. The van der Waals surface area contributed by atoms with Crippen molar-refractivity contribution in [3.63, 3.8) is 0 Å². The summed E-state index contributed by atoms with van der Waals surface area (Å²) in [4.78, 5) is 8.07. The van der Waals surface area contributed by atoms with E-state index < -0.39 is 11.7 Å². The molecule has 32 heavy (non-hydrogen) atoms. The second-order valence-corrected chi connectivity index (χ2v) is 7.72. The molecule has 0 radical (unpaired) electrons. The van der Waals surface area contributed by atoms with Crippen molar-refractivity contribution in [3.05, 3.63) is 71.4 Å². The van der Waals surface area contributed by atoms with E-state index in [0.717, 1.165) is 50.3 Å². The first kappa shape index (κ1) is 23.6. The van der Waals surface area contributed by atoms with E-state index >= 15 is 0 Å². The number of alkyl halides is 3. The number of nitrogens with one attached hydrogen (secondary N) is 2. The van der Waals surface area contributed by atoms with Gasteiger partial charge < -0.3 is 10.6 Å². The fourth-order valence-corrected chi connectivity index (χ4v) is 3.43. The van der Waals surface area contributed by atoms with Crippen LogP contribution in [0.4, 0.5) is 36.3 Å². The maximum atomic E-state index is 13.6. The Morgan fingerprint density at radius 1 is 0.875 bits per heavy atom. The van der Waals surface area contributed by atoms with E-state index in [1.807, 2.05) is 36.4 Å². The third-order valence-electron chi connectivity index (χ3n) is 5.28. The summed E-state index contributed by atoms with van der Waals surface area (Å²) in [5, 5.41) is 5.92. The van der Waals surface area contributed by atoms with Crippen LogP contribution in [0.5, 0.6) is 0 Å². The Balaban J connectivity index is 1.86. The van der Waals surface area contributed by atoms with Crippen LogP contribution in [0.2, 0.25) is 0 Å². The van der Waals surface area contributed by atoms with Crippen molar-refractivity contribution in [1.29, 1.82) is 0 Å². The summed E-state index contributed by atoms with van der Waals surface area (Å²) in [6, 6.07) is 15.1. The zero-order valence-corrected chi connectivity index (χ0v) is 18.5. The molecule has 0 saturated heterocycles. The lowest BCUT2D eigenvalue weighted by Crippen LogP contribution is -2.13. The zero-order valence-electron chi connectivity index (χ0n) is 18.5. The van der Waals surface area contributed by atoms with Gasteiger partial charge in [-0.15, -0.1) is 0 Å². The number of hydrogen-bond donors (Lipinski definition) is 2. The number of aromatic nitrogens is 2. The van der Waals surface area contributed by atoms with Crippen LogP contribution in [0, 0.1) is 0 Å². The molecule has 0 spiro atoms. The van der Waals surface area contributed by atoms with Crippen LogP contribution in [0.1, 0.15) is 56.2 Å². The van der Waals surface area contributed by atoms with Crippen LogP contribution in [-0.2, 0) is 19.0 Å². The number of rotatable bonds is 10. The van der Waals surface area contributed by atoms with E-state index in [1.165, 1.54) is 5.56 Å². The molecular weight excluding hydrogens is 413 g/mol. The van der Waals surface area contributed by atoms with Gasteiger partial charge in [-0.25, -0.2) is 4.98 Å². The van der Waals surface area contributed by atoms with Crippen LogP contribution in [0.25, 0.3) is 0 Å². The molecule has 170 valence electrons. The summed E-state index contributed by atoms with van der Waals surface area (Å²) in [5.41, 5.74) is 2.59. The number of aryl methyl sites for hydroxylation is 2. The largest absolute Gasteiger partial charge is 0.421 e. The van der Waals surface area contributed by atoms with E-state index in [1.54, 1.807) is 12.1 Å². The van der Waals surface area contributed by atoms with Gasteiger partial charge in [-0.3, -0.25) is 0 Å². The smallest absolute Gasteiger partial charge is 0.339 e. The maximum absolute atomic E-state index is 13.6. The fraction of sp³-hybridized carbons (Fsp3) is 0.360. The Morgan fingerprint density at radius 3 is 2.31 bits per heavy atom. The Bertz CT molecular complexity index is 1000. The highest BCUT2D eigenvalue weighted by molar-refractivity contribution is 5.65. The van der Waals surface area contributed by atoms with Crippen LogP contribution >= 0.6 is 0 Å². The molecular formula is C25H29F3N4. The van der Waals surface area contributed by atoms with Crippen LogP contribution in [-0.4, -0.2) is 9.97 Å². The number of unbranched alkanes of at least 4 members (excludes halogenated alkanes) is 3. The second kappa shape index (κ2) is 11.0. The lowest BCUT2D eigenvalue weighted by atomic mass is 10.0. The molecule has 0 atom stereocenters. The Labute approximate surface area is 187 Å². The molecule has 1 heterocycles. The quantitative estimate of drug-likeness (QED) is 0.316. The Hall–Kier alpha value is -3.09. The number of halogens is 3. The van der Waals surface area contributed by atoms with Gasteiger partial charge in [0, 0.05) is 17.6 Å². The summed E-state index contributed by atoms with van der Waals surface area (Å²) >= 11 is 0. The van der Waals surface area contributed by atoms with E-state index in [2.05, 4.69) is 34.4 Å². The van der Waals surface area contributed by atoms with Gasteiger partial charge in [0.25, 0.3) is 0 Å². The first-order chi connectivity index (χ1) is 15.4. The van der Waals surface area contributed by atoms with Gasteiger partial charge in [0.1, 0.15) is 11.4 Å². The third kappa shape index (κ3) is 6.45. The normalized spacial score (nSPS) is 11.4. The highest BCUT2D eigenvalue weighted by Gasteiger charge is 2.35. The van der Waals surface area contributed by atoms with Crippen molar-refractivity contribution in [3.8, 4) is 0 Å². The molecule has 3 aromatic rings. The lowest BCUT2D eigenvalue weighted by molar-refractivity contribution is -0.137. The molecule has 3 rings (SSSR count). The third-order valence-corrected chi connectivity index (χ3v) is 5.28. The summed E-state index contributed by atoms with van der Waals surface area (Å²) in [6.07, 6.45) is 2.32. The predicted molar refractivity (Wildman–Crippen MR) is 124 cm³/mol. The van der Waals surface area contributed by atoms with Gasteiger partial charge in [0.2, 0.25) is 5.95 Å². The van der Waals surface area contributed by atoms with Gasteiger partial charge in [0.15, 0.2) is 0 Å². The van der Waals surface area contributed by atoms with Crippen LogP contribution in [0.15, 0.2) is 54.7 Å². The van der Waals surface area contributed by atoms with E-state index in [0.29, 0.717) is 11.4 Å². The van der Waals surface area contributed by atoms with E-state index in [-0.39, 0.29) is 11.8 Å². The monoisotopic (exact) mass is 442 g/mol. The second-order valence-electron chi connectivity index (χ2n) is 7.72. The van der Waals surface area contributed by atoms with Crippen molar-refractivity contribution in [2.75, 3.05) is 10.6 Å². The molecule has 0 bridgehead atoms. The molecule has 0 fully saturated rings. The molecule has 2 aromatic carbocycles. The number of nitrogens with zero attached hydrogens (tertiary/aromatic N) is 2. The minimum Gasteiger partial charge on any atom is -0.339 e. The summed E-state index contributed by atoms with van der Waals surface area (Å²) in [6.45, 7) is 4.20. The summed E-state index contributed by atoms with van der Waals surface area (Å²) in [7, 11) is 0. The molecule has 2 N–H and O–H groups in total. The van der Waals surface area contributed by atoms with Crippen molar-refractivity contribution < 1.29 is 13.2 Å². The SMILES string of the molecule is CCCCCCc1ccccc1Nc1nc(Nc2ccc(CC)cc2)ncc1C(F)(F)F. The molecule has 0 saturated carbocycles.